The highest BCUT2D eigenvalue weighted by molar-refractivity contribution is 6.74. The molecule has 0 spiro atoms. The van der Waals surface area contributed by atoms with Crippen molar-refractivity contribution in [3.63, 3.8) is 0 Å². The van der Waals surface area contributed by atoms with Gasteiger partial charge in [-0.25, -0.2) is 9.59 Å². The average Bonchev–Trinajstić information content (AvgIpc) is 2.70. The number of rotatable bonds is 6. The number of ether oxygens (including phenoxy) is 2. The molecule has 1 aromatic rings. The Balaban J connectivity index is 2.00. The molecule has 1 saturated heterocycles. The number of carbonyl (C=O) groups excluding carboxylic acids is 2. The Labute approximate surface area is 200 Å². The van der Waals surface area contributed by atoms with Crippen LogP contribution >= 0.6 is 0 Å². The minimum absolute atomic E-state index is 0.0883. The normalized spacial score (nSPS) is 19.7. The molecule has 8 heteroatoms. The Morgan fingerprint density at radius 2 is 1.70 bits per heavy atom. The molecule has 2 amide bonds. The summed E-state index contributed by atoms with van der Waals surface area (Å²) < 4.78 is 17.4. The molecule has 2 unspecified atom stereocenters. The number of nitrogens with one attached hydrogen (secondary N) is 1. The monoisotopic (exact) mass is 478 g/mol. The summed E-state index contributed by atoms with van der Waals surface area (Å²) in [5.74, 6) is 0. The number of piperidine rings is 1. The van der Waals surface area contributed by atoms with Crippen molar-refractivity contribution in [2.45, 2.75) is 96.8 Å². The lowest BCUT2D eigenvalue weighted by Crippen LogP contribution is -2.57. The Hall–Kier alpha value is -2.06. The zero-order valence-electron chi connectivity index (χ0n) is 21.6. The van der Waals surface area contributed by atoms with E-state index in [1.165, 1.54) is 0 Å². The first-order valence-electron chi connectivity index (χ1n) is 11.8. The van der Waals surface area contributed by atoms with Crippen molar-refractivity contribution in [3.8, 4) is 0 Å². The van der Waals surface area contributed by atoms with E-state index in [0.717, 1.165) is 18.4 Å². The second-order valence-corrected chi connectivity index (χ2v) is 16.1. The second kappa shape index (κ2) is 10.9. The van der Waals surface area contributed by atoms with Gasteiger partial charge in [0.1, 0.15) is 12.2 Å². The maximum atomic E-state index is 13.0. The molecule has 33 heavy (non-hydrogen) atoms. The molecule has 1 N–H and O–H groups in total. The average molecular weight is 479 g/mol. The van der Waals surface area contributed by atoms with Crippen LogP contribution in [0.4, 0.5) is 9.59 Å². The van der Waals surface area contributed by atoms with Crippen molar-refractivity contribution >= 4 is 20.5 Å². The molecule has 1 aromatic carbocycles. The van der Waals surface area contributed by atoms with Gasteiger partial charge in [0, 0.05) is 12.6 Å². The first-order valence-corrected chi connectivity index (χ1v) is 14.7. The van der Waals surface area contributed by atoms with E-state index in [4.69, 9.17) is 13.9 Å². The van der Waals surface area contributed by atoms with E-state index in [2.05, 4.69) is 39.2 Å². The van der Waals surface area contributed by atoms with Crippen LogP contribution in [0.15, 0.2) is 30.3 Å². The van der Waals surface area contributed by atoms with Crippen LogP contribution in [0.2, 0.25) is 18.1 Å². The summed E-state index contributed by atoms with van der Waals surface area (Å²) in [6.45, 7) is 17.6. The second-order valence-electron chi connectivity index (χ2n) is 11.3. The maximum Gasteiger partial charge on any atom is 0.410 e. The van der Waals surface area contributed by atoms with Crippen molar-refractivity contribution in [2.75, 3.05) is 13.2 Å². The van der Waals surface area contributed by atoms with Gasteiger partial charge in [0.05, 0.1) is 12.6 Å². The fraction of sp³-hybridized carbons (Fsp3) is 0.680. The summed E-state index contributed by atoms with van der Waals surface area (Å²) in [7, 11) is -1.95. The summed E-state index contributed by atoms with van der Waals surface area (Å²) in [5, 5.41) is 3.00. The topological polar surface area (TPSA) is 77.1 Å². The summed E-state index contributed by atoms with van der Waals surface area (Å²) in [6.07, 6.45) is 0.599. The largest absolute Gasteiger partial charge is 0.445 e. The zero-order chi connectivity index (χ0) is 24.9. The van der Waals surface area contributed by atoms with Crippen molar-refractivity contribution in [1.82, 2.24) is 10.2 Å². The van der Waals surface area contributed by atoms with Crippen LogP contribution in [0, 0.1) is 0 Å². The zero-order valence-corrected chi connectivity index (χ0v) is 22.6. The first-order chi connectivity index (χ1) is 15.2. The molecule has 186 valence electrons. The lowest BCUT2D eigenvalue weighted by Gasteiger charge is -2.43. The third kappa shape index (κ3) is 8.66. The number of nitrogens with zero attached hydrogens (tertiary/aromatic N) is 1. The van der Waals surface area contributed by atoms with E-state index in [1.807, 2.05) is 51.1 Å². The molecule has 0 aromatic heterocycles. The summed E-state index contributed by atoms with van der Waals surface area (Å²) in [6, 6.07) is 9.25. The van der Waals surface area contributed by atoms with Crippen molar-refractivity contribution in [3.05, 3.63) is 35.9 Å². The molecule has 7 nitrogen and oxygen atoms in total. The lowest BCUT2D eigenvalue weighted by molar-refractivity contribution is -0.00191. The Morgan fingerprint density at radius 1 is 1.06 bits per heavy atom. The SMILES string of the molecule is CC(C)(C)OC(=O)N1CC(NC(=O)OCc2ccccc2)CCC1CO[Si](C)(C)C(C)(C)C. The molecule has 2 rings (SSSR count). The number of alkyl carbamates (subject to hydrolysis) is 1. The number of hydrogen-bond donors (Lipinski definition) is 1. The molecule has 1 aliphatic rings. The number of likely N-dealkylation sites (tertiary alicyclic amines) is 1. The van der Waals surface area contributed by atoms with Gasteiger partial charge in [-0.1, -0.05) is 51.1 Å². The van der Waals surface area contributed by atoms with Gasteiger partial charge in [0.15, 0.2) is 8.32 Å². The van der Waals surface area contributed by atoms with Gasteiger partial charge in [-0.3, -0.25) is 0 Å². The Morgan fingerprint density at radius 3 is 2.27 bits per heavy atom. The smallest absolute Gasteiger partial charge is 0.410 e. The number of hydrogen-bond acceptors (Lipinski definition) is 5. The molecule has 0 saturated carbocycles. The van der Waals surface area contributed by atoms with E-state index in [-0.39, 0.29) is 29.8 Å². The van der Waals surface area contributed by atoms with Crippen LogP contribution in [-0.4, -0.2) is 56.2 Å². The van der Waals surface area contributed by atoms with Gasteiger partial charge in [0.2, 0.25) is 0 Å². The van der Waals surface area contributed by atoms with E-state index < -0.39 is 20.0 Å². The number of amides is 2. The van der Waals surface area contributed by atoms with Crippen LogP contribution in [0.25, 0.3) is 0 Å². The van der Waals surface area contributed by atoms with Gasteiger partial charge in [0.25, 0.3) is 0 Å². The van der Waals surface area contributed by atoms with Crippen molar-refractivity contribution in [1.29, 1.82) is 0 Å². The fourth-order valence-electron chi connectivity index (χ4n) is 3.31. The predicted molar refractivity (Wildman–Crippen MR) is 133 cm³/mol. The molecule has 0 bridgehead atoms. The molecule has 1 aliphatic heterocycles. The molecular weight excluding hydrogens is 436 g/mol. The highest BCUT2D eigenvalue weighted by atomic mass is 28.4. The van der Waals surface area contributed by atoms with Crippen LogP contribution in [0.1, 0.15) is 59.9 Å². The highest BCUT2D eigenvalue weighted by Crippen LogP contribution is 2.37. The molecule has 1 fully saturated rings. The predicted octanol–water partition coefficient (Wildman–Crippen LogP) is 5.70. The quantitative estimate of drug-likeness (QED) is 0.531. The Bertz CT molecular complexity index is 786. The lowest BCUT2D eigenvalue weighted by atomic mass is 9.99. The summed E-state index contributed by atoms with van der Waals surface area (Å²) in [5.41, 5.74) is 0.325. The first kappa shape index (κ1) is 27.2. The number of benzene rings is 1. The van der Waals surface area contributed by atoms with E-state index in [0.29, 0.717) is 13.2 Å². The van der Waals surface area contributed by atoms with E-state index >= 15 is 0 Å². The minimum atomic E-state index is -1.95. The molecular formula is C25H42N2O5Si. The summed E-state index contributed by atoms with van der Waals surface area (Å²) in [4.78, 5) is 27.1. The van der Waals surface area contributed by atoms with E-state index in [9.17, 15) is 9.59 Å². The highest BCUT2D eigenvalue weighted by Gasteiger charge is 2.40. The van der Waals surface area contributed by atoms with Crippen LogP contribution in [-0.2, 0) is 20.5 Å². The third-order valence-electron chi connectivity index (χ3n) is 6.31. The van der Waals surface area contributed by atoms with Gasteiger partial charge in [-0.05, 0) is 57.3 Å². The minimum Gasteiger partial charge on any atom is -0.445 e. The van der Waals surface area contributed by atoms with Crippen LogP contribution < -0.4 is 5.32 Å². The van der Waals surface area contributed by atoms with Crippen LogP contribution in [0.3, 0.4) is 0 Å². The molecule has 0 aliphatic carbocycles. The Kier molecular flexibility index (Phi) is 8.99. The van der Waals surface area contributed by atoms with Crippen molar-refractivity contribution < 1.29 is 23.5 Å². The van der Waals surface area contributed by atoms with Gasteiger partial charge in [-0.2, -0.15) is 0 Å². The fourth-order valence-corrected chi connectivity index (χ4v) is 4.36. The molecule has 2 atom stereocenters. The van der Waals surface area contributed by atoms with Gasteiger partial charge >= 0.3 is 12.2 Å². The number of carbonyl (C=O) groups is 2. The van der Waals surface area contributed by atoms with Crippen LogP contribution in [0.5, 0.6) is 0 Å². The third-order valence-corrected chi connectivity index (χ3v) is 10.8. The summed E-state index contributed by atoms with van der Waals surface area (Å²) >= 11 is 0. The van der Waals surface area contributed by atoms with Crippen molar-refractivity contribution in [2.24, 2.45) is 0 Å². The maximum absolute atomic E-state index is 13.0. The molecule has 1 heterocycles. The standard InChI is InChI=1S/C25H42N2O5Si/c1-24(2,3)32-23(29)27-16-20(26-22(28)30-17-19-12-10-9-11-13-19)14-15-21(27)18-31-33(7,8)25(4,5)6/h9-13,20-21H,14-18H2,1-8H3,(H,26,28). The van der Waals surface area contributed by atoms with E-state index in [1.54, 1.807) is 4.90 Å². The van der Waals surface area contributed by atoms with Gasteiger partial charge in [-0.15, -0.1) is 0 Å². The van der Waals surface area contributed by atoms with Gasteiger partial charge < -0.3 is 24.1 Å². The molecule has 0 radical (unpaired) electrons.